The van der Waals surface area contributed by atoms with Crippen molar-refractivity contribution in [2.24, 2.45) is 0 Å². The van der Waals surface area contributed by atoms with E-state index in [9.17, 15) is 17.9 Å². The number of rotatable bonds is 3. The topological polar surface area (TPSA) is 63.6 Å². The Bertz CT molecular complexity index is 650. The molecule has 2 aromatic rings. The van der Waals surface area contributed by atoms with Crippen molar-refractivity contribution in [3.63, 3.8) is 0 Å². The molecule has 0 unspecified atom stereocenters. The van der Waals surface area contributed by atoms with Crippen LogP contribution in [0.1, 0.15) is 0 Å². The molecule has 6 heteroatoms. The SMILES string of the molecule is O=S(=O)(Oc1cccc(O)c1)c1ccc(F)cc1. The number of benzene rings is 2. The van der Waals surface area contributed by atoms with Crippen LogP contribution in [0.2, 0.25) is 0 Å². The zero-order valence-electron chi connectivity index (χ0n) is 9.08. The van der Waals surface area contributed by atoms with Gasteiger partial charge in [0.25, 0.3) is 0 Å². The number of aromatic hydroxyl groups is 1. The molecule has 0 aliphatic heterocycles. The molecule has 0 heterocycles. The van der Waals surface area contributed by atoms with Gasteiger partial charge in [-0.1, -0.05) is 6.07 Å². The molecule has 1 N–H and O–H groups in total. The van der Waals surface area contributed by atoms with E-state index in [1.807, 2.05) is 0 Å². The Morgan fingerprint density at radius 1 is 1.06 bits per heavy atom. The lowest BCUT2D eigenvalue weighted by Gasteiger charge is -2.06. The summed E-state index contributed by atoms with van der Waals surface area (Å²) in [7, 11) is -4.02. The molecule has 0 bridgehead atoms. The summed E-state index contributed by atoms with van der Waals surface area (Å²) in [5.41, 5.74) is 0. The summed E-state index contributed by atoms with van der Waals surface area (Å²) < 4.78 is 41.1. The molecule has 0 amide bonds. The van der Waals surface area contributed by atoms with E-state index in [0.29, 0.717) is 0 Å². The third-order valence-corrected chi connectivity index (χ3v) is 3.39. The zero-order valence-corrected chi connectivity index (χ0v) is 9.89. The van der Waals surface area contributed by atoms with Crippen LogP contribution in [-0.4, -0.2) is 13.5 Å². The lowest BCUT2D eigenvalue weighted by molar-refractivity contribution is 0.463. The second-order valence-electron chi connectivity index (χ2n) is 3.49. The number of hydrogen-bond donors (Lipinski definition) is 1. The minimum atomic E-state index is -4.02. The van der Waals surface area contributed by atoms with Crippen molar-refractivity contribution in [2.45, 2.75) is 4.90 Å². The normalized spacial score (nSPS) is 11.2. The molecule has 94 valence electrons. The van der Waals surface area contributed by atoms with Gasteiger partial charge in [0.05, 0.1) is 0 Å². The van der Waals surface area contributed by atoms with Crippen molar-refractivity contribution >= 4 is 10.1 Å². The Kier molecular flexibility index (Phi) is 3.20. The molecular weight excluding hydrogens is 259 g/mol. The van der Waals surface area contributed by atoms with Crippen LogP contribution in [0.15, 0.2) is 53.4 Å². The van der Waals surface area contributed by atoms with Gasteiger partial charge >= 0.3 is 10.1 Å². The van der Waals surface area contributed by atoms with Crippen LogP contribution in [0, 0.1) is 5.82 Å². The zero-order chi connectivity index (χ0) is 13.2. The van der Waals surface area contributed by atoms with E-state index in [0.717, 1.165) is 24.3 Å². The molecule has 0 aliphatic rings. The summed E-state index contributed by atoms with van der Waals surface area (Å²) >= 11 is 0. The first-order chi connectivity index (χ1) is 8.47. The van der Waals surface area contributed by atoms with E-state index in [2.05, 4.69) is 0 Å². The Morgan fingerprint density at radius 2 is 1.72 bits per heavy atom. The van der Waals surface area contributed by atoms with Gasteiger partial charge in [0, 0.05) is 6.07 Å². The number of phenolic OH excluding ortho intramolecular Hbond substituents is 1. The Balaban J connectivity index is 2.30. The van der Waals surface area contributed by atoms with Crippen molar-refractivity contribution in [3.8, 4) is 11.5 Å². The fraction of sp³-hybridized carbons (Fsp3) is 0. The molecule has 4 nitrogen and oxygen atoms in total. The lowest BCUT2D eigenvalue weighted by atomic mass is 10.3. The molecule has 2 aromatic carbocycles. The van der Waals surface area contributed by atoms with Gasteiger partial charge in [-0.2, -0.15) is 8.42 Å². The molecule has 0 radical (unpaired) electrons. The van der Waals surface area contributed by atoms with Gasteiger partial charge in [-0.3, -0.25) is 0 Å². The Labute approximate surface area is 103 Å². The van der Waals surface area contributed by atoms with Gasteiger partial charge in [-0.25, -0.2) is 4.39 Å². The highest BCUT2D eigenvalue weighted by atomic mass is 32.2. The minimum absolute atomic E-state index is 0.0145. The quantitative estimate of drug-likeness (QED) is 0.867. The first-order valence-electron chi connectivity index (χ1n) is 4.96. The van der Waals surface area contributed by atoms with E-state index >= 15 is 0 Å². The van der Waals surface area contributed by atoms with E-state index in [4.69, 9.17) is 4.18 Å². The highest BCUT2D eigenvalue weighted by molar-refractivity contribution is 7.87. The first-order valence-corrected chi connectivity index (χ1v) is 6.37. The third kappa shape index (κ3) is 2.78. The monoisotopic (exact) mass is 268 g/mol. The predicted octanol–water partition coefficient (Wildman–Crippen LogP) is 2.30. The Hall–Kier alpha value is -2.08. The van der Waals surface area contributed by atoms with Gasteiger partial charge < -0.3 is 9.29 Å². The van der Waals surface area contributed by atoms with Crippen LogP contribution in [0.5, 0.6) is 11.5 Å². The summed E-state index contributed by atoms with van der Waals surface area (Å²) in [6, 6.07) is 9.66. The fourth-order valence-electron chi connectivity index (χ4n) is 1.31. The van der Waals surface area contributed by atoms with Gasteiger partial charge in [0.15, 0.2) is 0 Å². The average molecular weight is 268 g/mol. The molecule has 0 spiro atoms. The van der Waals surface area contributed by atoms with Crippen molar-refractivity contribution < 1.29 is 22.1 Å². The lowest BCUT2D eigenvalue weighted by Crippen LogP contribution is -2.09. The highest BCUT2D eigenvalue weighted by Gasteiger charge is 2.16. The molecule has 0 saturated heterocycles. The van der Waals surface area contributed by atoms with Gasteiger partial charge in [0.2, 0.25) is 0 Å². The van der Waals surface area contributed by atoms with Crippen LogP contribution in [0.4, 0.5) is 4.39 Å². The standard InChI is InChI=1S/C12H9FO4S/c13-9-4-6-12(7-5-9)18(15,16)17-11-3-1-2-10(14)8-11/h1-8,14H. The molecule has 0 aromatic heterocycles. The van der Waals surface area contributed by atoms with Gasteiger partial charge in [-0.15, -0.1) is 0 Å². The van der Waals surface area contributed by atoms with Crippen molar-refractivity contribution in [2.75, 3.05) is 0 Å². The average Bonchev–Trinajstić information content (AvgIpc) is 2.29. The minimum Gasteiger partial charge on any atom is -0.508 e. The number of hydrogen-bond acceptors (Lipinski definition) is 4. The first kappa shape index (κ1) is 12.4. The summed E-state index contributed by atoms with van der Waals surface area (Å²) in [5, 5.41) is 9.19. The maximum absolute atomic E-state index is 12.7. The number of halogens is 1. The third-order valence-electron chi connectivity index (χ3n) is 2.13. The van der Waals surface area contributed by atoms with Crippen LogP contribution < -0.4 is 4.18 Å². The van der Waals surface area contributed by atoms with Crippen molar-refractivity contribution in [3.05, 3.63) is 54.3 Å². The summed E-state index contributed by atoms with van der Waals surface area (Å²) in [6.45, 7) is 0. The summed E-state index contributed by atoms with van der Waals surface area (Å²) in [5.74, 6) is -0.660. The van der Waals surface area contributed by atoms with Crippen LogP contribution in [0.25, 0.3) is 0 Å². The van der Waals surface area contributed by atoms with Crippen molar-refractivity contribution in [1.29, 1.82) is 0 Å². The van der Waals surface area contributed by atoms with Gasteiger partial charge in [-0.05, 0) is 36.4 Å². The van der Waals surface area contributed by atoms with E-state index in [1.54, 1.807) is 0 Å². The van der Waals surface area contributed by atoms with Crippen molar-refractivity contribution in [1.82, 2.24) is 0 Å². The summed E-state index contributed by atoms with van der Waals surface area (Å²) in [4.78, 5) is -0.160. The van der Waals surface area contributed by atoms with Crippen LogP contribution in [0.3, 0.4) is 0 Å². The van der Waals surface area contributed by atoms with Crippen LogP contribution >= 0.6 is 0 Å². The maximum atomic E-state index is 12.7. The molecule has 2 rings (SSSR count). The van der Waals surface area contributed by atoms with Gasteiger partial charge in [0.1, 0.15) is 22.2 Å². The highest BCUT2D eigenvalue weighted by Crippen LogP contribution is 2.22. The maximum Gasteiger partial charge on any atom is 0.339 e. The second kappa shape index (κ2) is 4.66. The molecule has 0 fully saturated rings. The Morgan fingerprint density at radius 3 is 2.33 bits per heavy atom. The molecule has 0 atom stereocenters. The van der Waals surface area contributed by atoms with E-state index in [-0.39, 0.29) is 16.4 Å². The number of phenols is 1. The molecule has 18 heavy (non-hydrogen) atoms. The second-order valence-corrected chi connectivity index (χ2v) is 5.04. The van der Waals surface area contributed by atoms with Crippen LogP contribution in [-0.2, 0) is 10.1 Å². The van der Waals surface area contributed by atoms with E-state index in [1.165, 1.54) is 24.3 Å². The molecule has 0 aliphatic carbocycles. The smallest absolute Gasteiger partial charge is 0.339 e. The summed E-state index contributed by atoms with van der Waals surface area (Å²) in [6.07, 6.45) is 0. The predicted molar refractivity (Wildman–Crippen MR) is 62.3 cm³/mol. The largest absolute Gasteiger partial charge is 0.508 e. The van der Waals surface area contributed by atoms with E-state index < -0.39 is 15.9 Å². The molecular formula is C12H9FO4S. The molecule has 0 saturated carbocycles. The fourth-order valence-corrected chi connectivity index (χ4v) is 2.23.